The lowest BCUT2D eigenvalue weighted by atomic mass is 9.85. The van der Waals surface area contributed by atoms with Gasteiger partial charge in [-0.2, -0.15) is 18.3 Å². The quantitative estimate of drug-likeness (QED) is 0.203. The molecule has 0 spiro atoms. The summed E-state index contributed by atoms with van der Waals surface area (Å²) >= 11 is 0. The van der Waals surface area contributed by atoms with Crippen molar-refractivity contribution in [2.75, 3.05) is 19.6 Å². The number of aliphatic carboxylic acids is 1. The Balaban J connectivity index is 0.00000250. The van der Waals surface area contributed by atoms with Crippen LogP contribution in [0.5, 0.6) is 0 Å². The van der Waals surface area contributed by atoms with Gasteiger partial charge in [-0.05, 0) is 117 Å². The van der Waals surface area contributed by atoms with Crippen LogP contribution in [0.15, 0.2) is 54.6 Å². The summed E-state index contributed by atoms with van der Waals surface area (Å²) in [5.74, 6) is 0.190. The predicted molar refractivity (Wildman–Crippen MR) is 179 cm³/mol. The second-order valence-electron chi connectivity index (χ2n) is 13.6. The van der Waals surface area contributed by atoms with Crippen LogP contribution in [0.1, 0.15) is 91.8 Å². The van der Waals surface area contributed by atoms with Gasteiger partial charge in [0.1, 0.15) is 5.82 Å². The van der Waals surface area contributed by atoms with Crippen molar-refractivity contribution in [1.29, 1.82) is 0 Å². The Morgan fingerprint density at radius 1 is 1.00 bits per heavy atom. The maximum Gasteiger partial charge on any atom is 0.416 e. The standard InChI is InChI=1S/C36H43F4N3O2.2ClH/c1-2-43-34(21-31(41-43)16-23-8-10-29(11-9-23)36(38,39)40)25-12-14-42(15-13-25)22-28-18-27(33(35(44)45)17-24-6-7-24)20-32(28)26-4-3-5-30(37)19-26;;/h3-5,8-11,19,21,24-25,27-28,32-33H,2,6-7,12-18,20,22H2,1H3,(H,44,45);2*1H/t27?,28?,32?,33-;;/m0../s1. The maximum atomic E-state index is 14.3. The molecule has 2 aliphatic carbocycles. The van der Waals surface area contributed by atoms with Gasteiger partial charge in [0.25, 0.3) is 0 Å². The number of nitrogens with zero attached hydrogens (tertiary/aromatic N) is 3. The smallest absolute Gasteiger partial charge is 0.416 e. The highest BCUT2D eigenvalue weighted by Gasteiger charge is 2.44. The molecule has 1 aromatic heterocycles. The molecule has 4 atom stereocenters. The number of aryl methyl sites for hydroxylation is 1. The largest absolute Gasteiger partial charge is 0.481 e. The van der Waals surface area contributed by atoms with Crippen LogP contribution >= 0.6 is 24.8 Å². The topological polar surface area (TPSA) is 58.4 Å². The summed E-state index contributed by atoms with van der Waals surface area (Å²) < 4.78 is 55.2. The van der Waals surface area contributed by atoms with Gasteiger partial charge in [0.2, 0.25) is 0 Å². The van der Waals surface area contributed by atoms with Crippen molar-refractivity contribution in [3.05, 3.63) is 88.5 Å². The number of halogens is 6. The van der Waals surface area contributed by atoms with Crippen molar-refractivity contribution < 1.29 is 27.5 Å². The number of benzene rings is 2. The summed E-state index contributed by atoms with van der Waals surface area (Å²) in [6.45, 7) is 5.52. The minimum Gasteiger partial charge on any atom is -0.481 e. The third kappa shape index (κ3) is 9.09. The van der Waals surface area contributed by atoms with Gasteiger partial charge in [-0.1, -0.05) is 37.1 Å². The summed E-state index contributed by atoms with van der Waals surface area (Å²) in [6.07, 6.45) is 2.79. The molecule has 1 saturated heterocycles. The van der Waals surface area contributed by atoms with Crippen LogP contribution in [0.25, 0.3) is 0 Å². The zero-order chi connectivity index (χ0) is 31.7. The van der Waals surface area contributed by atoms with E-state index in [-0.39, 0.29) is 54.3 Å². The van der Waals surface area contributed by atoms with E-state index in [1.54, 1.807) is 12.1 Å². The van der Waals surface area contributed by atoms with Gasteiger partial charge in [-0.15, -0.1) is 24.8 Å². The van der Waals surface area contributed by atoms with Crippen molar-refractivity contribution in [2.45, 2.75) is 82.8 Å². The number of carboxylic acids is 1. The Kier molecular flexibility index (Phi) is 12.5. The fourth-order valence-corrected chi connectivity index (χ4v) is 7.97. The molecule has 3 fully saturated rings. The van der Waals surface area contributed by atoms with Crippen molar-refractivity contribution in [1.82, 2.24) is 14.7 Å². The van der Waals surface area contributed by atoms with E-state index in [0.29, 0.717) is 18.3 Å². The van der Waals surface area contributed by atoms with Crippen LogP contribution in [0.4, 0.5) is 17.6 Å². The Hall–Kier alpha value is -2.62. The van der Waals surface area contributed by atoms with Crippen LogP contribution in [-0.2, 0) is 23.9 Å². The minimum atomic E-state index is -4.35. The molecule has 0 amide bonds. The van der Waals surface area contributed by atoms with E-state index < -0.39 is 17.7 Å². The lowest BCUT2D eigenvalue weighted by molar-refractivity contribution is -0.144. The van der Waals surface area contributed by atoms with Crippen LogP contribution in [0.3, 0.4) is 0 Å². The van der Waals surface area contributed by atoms with Crippen molar-refractivity contribution in [3.8, 4) is 0 Å². The number of alkyl halides is 3. The first-order chi connectivity index (χ1) is 21.6. The molecule has 0 radical (unpaired) electrons. The summed E-state index contributed by atoms with van der Waals surface area (Å²) in [5, 5.41) is 14.9. The number of piperidine rings is 1. The Labute approximate surface area is 286 Å². The highest BCUT2D eigenvalue weighted by molar-refractivity contribution is 5.85. The fourth-order valence-electron chi connectivity index (χ4n) is 7.97. The molecule has 1 aliphatic heterocycles. The highest BCUT2D eigenvalue weighted by atomic mass is 35.5. The average molecular weight is 699 g/mol. The van der Waals surface area contributed by atoms with E-state index in [2.05, 4.69) is 17.9 Å². The summed E-state index contributed by atoms with van der Waals surface area (Å²) in [6, 6.07) is 14.3. The Bertz CT molecular complexity index is 1470. The molecule has 6 rings (SSSR count). The van der Waals surface area contributed by atoms with Gasteiger partial charge in [-0.3, -0.25) is 9.48 Å². The lowest BCUT2D eigenvalue weighted by Crippen LogP contribution is -2.37. The number of aromatic nitrogens is 2. The first-order valence-electron chi connectivity index (χ1n) is 16.5. The molecule has 1 N–H and O–H groups in total. The molecule has 5 nitrogen and oxygen atoms in total. The number of hydrogen-bond acceptors (Lipinski definition) is 3. The molecule has 2 saturated carbocycles. The van der Waals surface area contributed by atoms with Gasteiger partial charge >= 0.3 is 12.1 Å². The molecule has 47 heavy (non-hydrogen) atoms. The summed E-state index contributed by atoms with van der Waals surface area (Å²) in [7, 11) is 0. The third-order valence-electron chi connectivity index (χ3n) is 10.5. The van der Waals surface area contributed by atoms with E-state index in [0.717, 1.165) is 100 Å². The van der Waals surface area contributed by atoms with Gasteiger partial charge < -0.3 is 10.0 Å². The number of carbonyl (C=O) groups is 1. The van der Waals surface area contributed by atoms with Crippen LogP contribution in [0, 0.1) is 29.5 Å². The van der Waals surface area contributed by atoms with E-state index in [1.165, 1.54) is 23.9 Å². The van der Waals surface area contributed by atoms with Crippen LogP contribution < -0.4 is 0 Å². The molecule has 11 heteroatoms. The molecule has 3 unspecified atom stereocenters. The number of likely N-dealkylation sites (tertiary alicyclic amines) is 1. The molecule has 0 bridgehead atoms. The summed E-state index contributed by atoms with van der Waals surface area (Å²) in [5.41, 5.74) is 3.19. The minimum absolute atomic E-state index is 0. The molecule has 258 valence electrons. The normalized spacial score (nSPS) is 22.8. The van der Waals surface area contributed by atoms with E-state index in [9.17, 15) is 27.5 Å². The van der Waals surface area contributed by atoms with Crippen LogP contribution in [0.2, 0.25) is 0 Å². The number of hydrogen-bond donors (Lipinski definition) is 1. The predicted octanol–water partition coefficient (Wildman–Crippen LogP) is 8.99. The van der Waals surface area contributed by atoms with E-state index >= 15 is 0 Å². The van der Waals surface area contributed by atoms with Gasteiger partial charge in [-0.25, -0.2) is 4.39 Å². The van der Waals surface area contributed by atoms with Gasteiger partial charge in [0.05, 0.1) is 17.2 Å². The SMILES string of the molecule is CCn1nc(Cc2ccc(C(F)(F)F)cc2)cc1C1CCN(CC2CC([C@H](CC3CC3)C(=O)O)CC2c2cccc(F)c2)CC1.Cl.Cl. The first-order valence-corrected chi connectivity index (χ1v) is 16.5. The summed E-state index contributed by atoms with van der Waals surface area (Å²) in [4.78, 5) is 14.8. The number of carboxylic acid groups (broad SMARTS) is 1. The Morgan fingerprint density at radius 2 is 1.70 bits per heavy atom. The molecule has 2 heterocycles. The molecular formula is C36H45Cl2F4N3O2. The third-order valence-corrected chi connectivity index (χ3v) is 10.5. The second-order valence-corrected chi connectivity index (χ2v) is 13.6. The maximum absolute atomic E-state index is 14.3. The zero-order valence-electron chi connectivity index (χ0n) is 26.7. The van der Waals surface area contributed by atoms with Crippen molar-refractivity contribution in [3.63, 3.8) is 0 Å². The highest BCUT2D eigenvalue weighted by Crippen LogP contribution is 2.50. The van der Waals surface area contributed by atoms with E-state index in [4.69, 9.17) is 5.10 Å². The Morgan fingerprint density at radius 3 is 2.30 bits per heavy atom. The van der Waals surface area contributed by atoms with Gasteiger partial charge in [0.15, 0.2) is 0 Å². The number of rotatable bonds is 11. The molecule has 3 aromatic rings. The fraction of sp³-hybridized carbons (Fsp3) is 0.556. The van der Waals surface area contributed by atoms with Crippen molar-refractivity contribution in [2.24, 2.45) is 23.7 Å². The van der Waals surface area contributed by atoms with Crippen molar-refractivity contribution >= 4 is 30.8 Å². The first kappa shape index (κ1) is 37.2. The second kappa shape index (κ2) is 15.7. The van der Waals surface area contributed by atoms with Gasteiger partial charge in [0, 0.05) is 31.1 Å². The molecule has 2 aromatic carbocycles. The average Bonchev–Trinajstić information content (AvgIpc) is 3.60. The lowest BCUT2D eigenvalue weighted by Gasteiger charge is -2.35. The monoisotopic (exact) mass is 697 g/mol. The zero-order valence-corrected chi connectivity index (χ0v) is 28.3. The van der Waals surface area contributed by atoms with Crippen LogP contribution in [-0.4, -0.2) is 45.4 Å². The molecule has 3 aliphatic rings. The van der Waals surface area contributed by atoms with E-state index in [1.807, 2.05) is 10.7 Å². The molecular weight excluding hydrogens is 653 g/mol.